The van der Waals surface area contributed by atoms with Crippen molar-refractivity contribution in [2.75, 3.05) is 6.54 Å². The molecule has 3 heteroatoms. The van der Waals surface area contributed by atoms with Crippen molar-refractivity contribution >= 4 is 0 Å². The number of pyridine rings is 1. The minimum atomic E-state index is -0.451. The molecule has 0 aliphatic carbocycles. The van der Waals surface area contributed by atoms with Crippen molar-refractivity contribution in [2.45, 2.75) is 25.0 Å². The van der Waals surface area contributed by atoms with Gasteiger partial charge in [-0.25, -0.2) is 0 Å². The summed E-state index contributed by atoms with van der Waals surface area (Å²) in [5.74, 6) is 0. The summed E-state index contributed by atoms with van der Waals surface area (Å²) >= 11 is 0. The molecule has 1 saturated heterocycles. The zero-order valence-electron chi connectivity index (χ0n) is 10.8. The molecule has 2 atom stereocenters. The molecule has 1 aliphatic rings. The Balaban J connectivity index is 1.87. The van der Waals surface area contributed by atoms with Gasteiger partial charge in [0.25, 0.3) is 0 Å². The Morgan fingerprint density at radius 3 is 2.79 bits per heavy atom. The van der Waals surface area contributed by atoms with Gasteiger partial charge in [-0.1, -0.05) is 30.3 Å². The molecule has 3 nitrogen and oxygen atoms in total. The molecule has 2 N–H and O–H groups in total. The van der Waals surface area contributed by atoms with Crippen LogP contribution in [-0.2, 0) is 0 Å². The Bertz CT molecular complexity index is 535. The molecule has 0 radical (unpaired) electrons. The molecule has 0 spiro atoms. The van der Waals surface area contributed by atoms with Crippen molar-refractivity contribution in [3.05, 3.63) is 54.2 Å². The van der Waals surface area contributed by atoms with E-state index in [0.29, 0.717) is 0 Å². The largest absolute Gasteiger partial charge is 0.387 e. The fraction of sp³-hybridized carbons (Fsp3) is 0.312. The Hall–Kier alpha value is -1.71. The van der Waals surface area contributed by atoms with Crippen LogP contribution >= 0.6 is 0 Å². The smallest absolute Gasteiger partial charge is 0.0944 e. The molecule has 2 unspecified atom stereocenters. The average Bonchev–Trinajstić information content (AvgIpc) is 3.02. The first kappa shape index (κ1) is 12.3. The van der Waals surface area contributed by atoms with Gasteiger partial charge in [-0.15, -0.1) is 0 Å². The Kier molecular flexibility index (Phi) is 3.58. The minimum Gasteiger partial charge on any atom is -0.387 e. The van der Waals surface area contributed by atoms with Crippen LogP contribution in [-0.4, -0.2) is 22.7 Å². The molecular weight excluding hydrogens is 236 g/mol. The van der Waals surface area contributed by atoms with Gasteiger partial charge in [0.2, 0.25) is 0 Å². The fourth-order valence-electron chi connectivity index (χ4n) is 2.61. The number of nitrogens with zero attached hydrogens (tertiary/aromatic N) is 1. The summed E-state index contributed by atoms with van der Waals surface area (Å²) in [4.78, 5) is 4.39. The summed E-state index contributed by atoms with van der Waals surface area (Å²) in [5, 5.41) is 13.7. The van der Waals surface area contributed by atoms with E-state index < -0.39 is 6.10 Å². The monoisotopic (exact) mass is 254 g/mol. The highest BCUT2D eigenvalue weighted by Crippen LogP contribution is 2.25. The van der Waals surface area contributed by atoms with Crippen molar-refractivity contribution < 1.29 is 5.11 Å². The number of aliphatic hydroxyl groups is 1. The summed E-state index contributed by atoms with van der Waals surface area (Å²) in [5.41, 5.74) is 2.93. The van der Waals surface area contributed by atoms with Crippen LogP contribution < -0.4 is 5.32 Å². The Morgan fingerprint density at radius 1 is 1.21 bits per heavy atom. The molecule has 1 aromatic carbocycles. The maximum absolute atomic E-state index is 10.4. The van der Waals surface area contributed by atoms with Gasteiger partial charge in [0, 0.05) is 17.8 Å². The first-order valence-corrected chi connectivity index (χ1v) is 6.77. The van der Waals surface area contributed by atoms with Crippen LogP contribution in [0.15, 0.2) is 48.7 Å². The first-order valence-electron chi connectivity index (χ1n) is 6.77. The van der Waals surface area contributed by atoms with Crippen LogP contribution in [0.25, 0.3) is 11.3 Å². The van der Waals surface area contributed by atoms with Gasteiger partial charge in [-0.05, 0) is 37.1 Å². The van der Waals surface area contributed by atoms with Crippen molar-refractivity contribution in [1.29, 1.82) is 0 Å². The van der Waals surface area contributed by atoms with E-state index in [-0.39, 0.29) is 6.04 Å². The summed E-state index contributed by atoms with van der Waals surface area (Å²) in [6.45, 7) is 0.998. The highest BCUT2D eigenvalue weighted by atomic mass is 16.3. The van der Waals surface area contributed by atoms with Gasteiger partial charge in [0.05, 0.1) is 11.8 Å². The third-order valence-corrected chi connectivity index (χ3v) is 3.67. The number of hydrogen-bond acceptors (Lipinski definition) is 3. The van der Waals surface area contributed by atoms with Gasteiger partial charge in [0.1, 0.15) is 0 Å². The summed E-state index contributed by atoms with van der Waals surface area (Å²) in [6.07, 6.45) is 3.49. The number of nitrogens with one attached hydrogen (secondary N) is 1. The van der Waals surface area contributed by atoms with Crippen molar-refractivity contribution in [3.63, 3.8) is 0 Å². The second-order valence-electron chi connectivity index (χ2n) is 4.99. The quantitative estimate of drug-likeness (QED) is 0.884. The molecule has 2 heterocycles. The summed E-state index contributed by atoms with van der Waals surface area (Å²) < 4.78 is 0. The van der Waals surface area contributed by atoms with Crippen molar-refractivity contribution in [3.8, 4) is 11.3 Å². The van der Waals surface area contributed by atoms with E-state index in [9.17, 15) is 5.11 Å². The molecule has 19 heavy (non-hydrogen) atoms. The van der Waals surface area contributed by atoms with Gasteiger partial charge in [-0.2, -0.15) is 0 Å². The Morgan fingerprint density at radius 2 is 2.05 bits per heavy atom. The van der Waals surface area contributed by atoms with Crippen LogP contribution in [0, 0.1) is 0 Å². The SMILES string of the molecule is OC(c1ccnc(-c2ccccc2)c1)C1CCCN1. The lowest BCUT2D eigenvalue weighted by Gasteiger charge is -2.19. The molecule has 2 aromatic rings. The molecular formula is C16H18N2O. The van der Waals surface area contributed by atoms with Gasteiger partial charge >= 0.3 is 0 Å². The number of aliphatic hydroxyl groups excluding tert-OH is 1. The number of benzene rings is 1. The number of rotatable bonds is 3. The molecule has 0 amide bonds. The summed E-state index contributed by atoms with van der Waals surface area (Å²) in [6, 6.07) is 14.1. The fourth-order valence-corrected chi connectivity index (χ4v) is 2.61. The van der Waals surface area contributed by atoms with Gasteiger partial charge < -0.3 is 10.4 Å². The van der Waals surface area contributed by atoms with E-state index >= 15 is 0 Å². The minimum absolute atomic E-state index is 0.172. The lowest BCUT2D eigenvalue weighted by atomic mass is 10.00. The predicted octanol–water partition coefficient (Wildman–Crippen LogP) is 2.53. The average molecular weight is 254 g/mol. The van der Waals surface area contributed by atoms with Crippen LogP contribution in [0.4, 0.5) is 0 Å². The zero-order valence-corrected chi connectivity index (χ0v) is 10.8. The highest BCUT2D eigenvalue weighted by Gasteiger charge is 2.24. The number of aromatic nitrogens is 1. The first-order chi connectivity index (χ1) is 9.34. The highest BCUT2D eigenvalue weighted by molar-refractivity contribution is 5.59. The van der Waals surface area contributed by atoms with Crippen LogP contribution in [0.1, 0.15) is 24.5 Å². The second-order valence-corrected chi connectivity index (χ2v) is 4.99. The van der Waals surface area contributed by atoms with Gasteiger partial charge in [-0.3, -0.25) is 4.98 Å². The van der Waals surface area contributed by atoms with Crippen LogP contribution in [0.5, 0.6) is 0 Å². The third-order valence-electron chi connectivity index (χ3n) is 3.67. The lowest BCUT2D eigenvalue weighted by Crippen LogP contribution is -2.28. The summed E-state index contributed by atoms with van der Waals surface area (Å²) in [7, 11) is 0. The predicted molar refractivity (Wildman–Crippen MR) is 75.7 cm³/mol. The lowest BCUT2D eigenvalue weighted by molar-refractivity contribution is 0.137. The molecule has 0 bridgehead atoms. The van der Waals surface area contributed by atoms with Crippen molar-refractivity contribution in [2.24, 2.45) is 0 Å². The van der Waals surface area contributed by atoms with E-state index in [1.54, 1.807) is 6.20 Å². The molecule has 3 rings (SSSR count). The van der Waals surface area contributed by atoms with E-state index in [1.807, 2.05) is 42.5 Å². The van der Waals surface area contributed by atoms with Gasteiger partial charge in [0.15, 0.2) is 0 Å². The number of hydrogen-bond donors (Lipinski definition) is 2. The molecule has 0 saturated carbocycles. The Labute approximate surface area is 113 Å². The molecule has 1 aromatic heterocycles. The maximum atomic E-state index is 10.4. The molecule has 1 aliphatic heterocycles. The second kappa shape index (κ2) is 5.51. The standard InChI is InChI=1S/C16H18N2O/c19-16(14-7-4-9-17-14)13-8-10-18-15(11-13)12-5-2-1-3-6-12/h1-3,5-6,8,10-11,14,16-17,19H,4,7,9H2. The van der Waals surface area contributed by atoms with Crippen LogP contribution in [0.3, 0.4) is 0 Å². The van der Waals surface area contributed by atoms with E-state index in [4.69, 9.17) is 0 Å². The molecule has 98 valence electrons. The van der Waals surface area contributed by atoms with Crippen LogP contribution in [0.2, 0.25) is 0 Å². The van der Waals surface area contributed by atoms with Crippen molar-refractivity contribution in [1.82, 2.24) is 10.3 Å². The van der Waals surface area contributed by atoms with E-state index in [0.717, 1.165) is 36.2 Å². The molecule has 1 fully saturated rings. The van der Waals surface area contributed by atoms with E-state index in [1.165, 1.54) is 0 Å². The third kappa shape index (κ3) is 2.67. The topological polar surface area (TPSA) is 45.2 Å². The van der Waals surface area contributed by atoms with E-state index in [2.05, 4.69) is 10.3 Å². The maximum Gasteiger partial charge on any atom is 0.0944 e. The normalized spacial score (nSPS) is 20.4. The zero-order chi connectivity index (χ0) is 13.1.